The fourth-order valence-electron chi connectivity index (χ4n) is 4.33. The zero-order valence-corrected chi connectivity index (χ0v) is 20.2. The number of rotatable bonds is 8. The zero-order chi connectivity index (χ0) is 24.4. The Labute approximate surface area is 204 Å². The first kappa shape index (κ1) is 22.9. The number of imidazole rings is 1. The third-order valence-corrected chi connectivity index (χ3v) is 6.11. The molecule has 0 radical (unpaired) electrons. The van der Waals surface area contributed by atoms with Gasteiger partial charge in [-0.1, -0.05) is 0 Å². The summed E-state index contributed by atoms with van der Waals surface area (Å²) in [4.78, 5) is 19.0. The lowest BCUT2D eigenvalue weighted by molar-refractivity contribution is 0.257. The first-order valence-corrected chi connectivity index (χ1v) is 11.7. The van der Waals surface area contributed by atoms with Gasteiger partial charge in [-0.05, 0) is 68.9 Å². The molecule has 1 unspecified atom stereocenters. The van der Waals surface area contributed by atoms with Gasteiger partial charge < -0.3 is 29.8 Å². The lowest BCUT2D eigenvalue weighted by atomic mass is 9.96. The standard InChI is InChI=1S/C26H30N6O3/c1-32(2)9-4-10-34-23-14-16(20-7-8-28-26(27)30-20)13-21-24(23)31-25(29-21)18-11-17-12-19(33-3)5-6-22(17)35-15-18/h5-8,12-14,18H,4,9-11,15H2,1-3H3,(H,29,31)(H2,27,28,30). The Kier molecular flexibility index (Phi) is 6.41. The summed E-state index contributed by atoms with van der Waals surface area (Å²) in [6.07, 6.45) is 3.37. The molecule has 9 heteroatoms. The van der Waals surface area contributed by atoms with Crippen LogP contribution >= 0.6 is 0 Å². The Bertz CT molecular complexity index is 1340. The predicted octanol–water partition coefficient (Wildman–Crippen LogP) is 3.66. The van der Waals surface area contributed by atoms with Crippen molar-refractivity contribution in [1.82, 2.24) is 24.8 Å². The van der Waals surface area contributed by atoms with Crippen LogP contribution in [0.25, 0.3) is 22.3 Å². The van der Waals surface area contributed by atoms with Crippen molar-refractivity contribution in [3.63, 3.8) is 0 Å². The summed E-state index contributed by atoms with van der Waals surface area (Å²) in [6.45, 7) is 2.09. The normalized spacial score (nSPS) is 15.1. The van der Waals surface area contributed by atoms with Crippen LogP contribution in [-0.4, -0.2) is 65.8 Å². The number of aromatic amines is 1. The Morgan fingerprint density at radius 3 is 2.86 bits per heavy atom. The summed E-state index contributed by atoms with van der Waals surface area (Å²) < 4.78 is 17.7. The smallest absolute Gasteiger partial charge is 0.220 e. The summed E-state index contributed by atoms with van der Waals surface area (Å²) in [5, 5.41) is 0. The van der Waals surface area contributed by atoms with E-state index in [1.165, 1.54) is 0 Å². The molecule has 0 fully saturated rings. The molecule has 0 spiro atoms. The second-order valence-corrected chi connectivity index (χ2v) is 8.98. The molecule has 1 aliphatic rings. The van der Waals surface area contributed by atoms with Crippen LogP contribution in [-0.2, 0) is 6.42 Å². The number of anilines is 1. The van der Waals surface area contributed by atoms with Crippen molar-refractivity contribution in [3.8, 4) is 28.5 Å². The van der Waals surface area contributed by atoms with E-state index in [2.05, 4.69) is 33.9 Å². The number of H-pyrrole nitrogens is 1. The van der Waals surface area contributed by atoms with E-state index in [4.69, 9.17) is 24.9 Å². The van der Waals surface area contributed by atoms with Crippen molar-refractivity contribution < 1.29 is 14.2 Å². The van der Waals surface area contributed by atoms with Crippen molar-refractivity contribution >= 4 is 17.0 Å². The van der Waals surface area contributed by atoms with Gasteiger partial charge >= 0.3 is 0 Å². The fraction of sp³-hybridized carbons (Fsp3) is 0.346. The number of hydrogen-bond donors (Lipinski definition) is 2. The van der Waals surface area contributed by atoms with Crippen LogP contribution in [0.1, 0.15) is 23.7 Å². The van der Waals surface area contributed by atoms with Crippen molar-refractivity contribution in [2.24, 2.45) is 0 Å². The molecule has 3 heterocycles. The Hall–Kier alpha value is -3.85. The van der Waals surface area contributed by atoms with Gasteiger partial charge in [-0.15, -0.1) is 0 Å². The molecule has 0 bridgehead atoms. The average Bonchev–Trinajstić information content (AvgIpc) is 3.30. The largest absolute Gasteiger partial charge is 0.497 e. The molecule has 0 aliphatic carbocycles. The molecule has 0 amide bonds. The number of nitrogens with two attached hydrogens (primary N) is 1. The van der Waals surface area contributed by atoms with Crippen molar-refractivity contribution in [3.05, 3.63) is 54.0 Å². The first-order chi connectivity index (χ1) is 17.0. The van der Waals surface area contributed by atoms with Crippen molar-refractivity contribution in [2.45, 2.75) is 18.8 Å². The maximum Gasteiger partial charge on any atom is 0.220 e. The molecule has 2 aromatic carbocycles. The maximum atomic E-state index is 6.23. The molecule has 9 nitrogen and oxygen atoms in total. The molecule has 0 saturated carbocycles. The van der Waals surface area contributed by atoms with Crippen molar-refractivity contribution in [1.29, 1.82) is 0 Å². The molecule has 4 aromatic rings. The van der Waals surface area contributed by atoms with Crippen LogP contribution in [0.2, 0.25) is 0 Å². The molecular weight excluding hydrogens is 444 g/mol. The van der Waals surface area contributed by atoms with Gasteiger partial charge in [0, 0.05) is 18.3 Å². The highest BCUT2D eigenvalue weighted by molar-refractivity contribution is 5.87. The van der Waals surface area contributed by atoms with Gasteiger partial charge in [-0.25, -0.2) is 15.0 Å². The average molecular weight is 475 g/mol. The van der Waals surface area contributed by atoms with Crippen LogP contribution in [0.5, 0.6) is 17.2 Å². The van der Waals surface area contributed by atoms with E-state index < -0.39 is 0 Å². The van der Waals surface area contributed by atoms with E-state index in [1.54, 1.807) is 13.3 Å². The SMILES string of the molecule is COc1ccc2c(c1)CC(c1nc3cc(-c4ccnc(N)n4)cc(OCCCN(C)C)c3[nH]1)CO2. The number of fused-ring (bicyclic) bond motifs is 2. The molecule has 1 aliphatic heterocycles. The van der Waals surface area contributed by atoms with Crippen LogP contribution < -0.4 is 19.9 Å². The quantitative estimate of drug-likeness (QED) is 0.372. The van der Waals surface area contributed by atoms with E-state index in [0.717, 1.165) is 70.3 Å². The van der Waals surface area contributed by atoms with Crippen LogP contribution in [0.3, 0.4) is 0 Å². The van der Waals surface area contributed by atoms with Crippen LogP contribution in [0.4, 0.5) is 5.95 Å². The number of ether oxygens (including phenoxy) is 3. The lowest BCUT2D eigenvalue weighted by Crippen LogP contribution is -2.20. The number of aromatic nitrogens is 4. The summed E-state index contributed by atoms with van der Waals surface area (Å²) in [5.41, 5.74) is 10.2. The molecule has 3 N–H and O–H groups in total. The van der Waals surface area contributed by atoms with Crippen LogP contribution in [0, 0.1) is 0 Å². The van der Waals surface area contributed by atoms with Crippen molar-refractivity contribution in [2.75, 3.05) is 46.7 Å². The minimum atomic E-state index is 0.0849. The van der Waals surface area contributed by atoms with Gasteiger partial charge in [0.15, 0.2) is 0 Å². The summed E-state index contributed by atoms with van der Waals surface area (Å²) in [6, 6.07) is 11.7. The zero-order valence-electron chi connectivity index (χ0n) is 20.2. The third-order valence-electron chi connectivity index (χ3n) is 6.11. The van der Waals surface area contributed by atoms with Gasteiger partial charge in [0.25, 0.3) is 0 Å². The molecule has 2 aromatic heterocycles. The summed E-state index contributed by atoms with van der Waals surface area (Å²) in [7, 11) is 5.78. The number of nitrogen functional groups attached to an aromatic ring is 1. The minimum absolute atomic E-state index is 0.0849. The number of hydrogen-bond acceptors (Lipinski definition) is 8. The molecule has 5 rings (SSSR count). The summed E-state index contributed by atoms with van der Waals surface area (Å²) in [5.74, 6) is 3.64. The highest BCUT2D eigenvalue weighted by Crippen LogP contribution is 2.36. The van der Waals surface area contributed by atoms with Gasteiger partial charge in [0.05, 0.1) is 37.5 Å². The number of benzene rings is 2. The van der Waals surface area contributed by atoms with Gasteiger partial charge in [0.2, 0.25) is 5.95 Å². The summed E-state index contributed by atoms with van der Waals surface area (Å²) >= 11 is 0. The highest BCUT2D eigenvalue weighted by atomic mass is 16.5. The van der Waals surface area contributed by atoms with Gasteiger partial charge in [-0.2, -0.15) is 0 Å². The number of methoxy groups -OCH3 is 1. The Morgan fingerprint density at radius 2 is 2.06 bits per heavy atom. The third kappa shape index (κ3) is 5.00. The predicted molar refractivity (Wildman–Crippen MR) is 135 cm³/mol. The van der Waals surface area contributed by atoms with E-state index in [0.29, 0.717) is 13.2 Å². The van der Waals surface area contributed by atoms with Gasteiger partial charge in [-0.3, -0.25) is 0 Å². The Balaban J connectivity index is 1.48. The molecular formula is C26H30N6O3. The van der Waals surface area contributed by atoms with Gasteiger partial charge in [0.1, 0.15) is 28.6 Å². The lowest BCUT2D eigenvalue weighted by Gasteiger charge is -2.24. The first-order valence-electron chi connectivity index (χ1n) is 11.7. The Morgan fingerprint density at radius 1 is 1.17 bits per heavy atom. The fourth-order valence-corrected chi connectivity index (χ4v) is 4.33. The molecule has 1 atom stereocenters. The highest BCUT2D eigenvalue weighted by Gasteiger charge is 2.25. The second kappa shape index (κ2) is 9.79. The second-order valence-electron chi connectivity index (χ2n) is 8.98. The van der Waals surface area contributed by atoms with E-state index in [1.807, 2.05) is 36.4 Å². The maximum absolute atomic E-state index is 6.23. The van der Waals surface area contributed by atoms with Crippen LogP contribution in [0.15, 0.2) is 42.6 Å². The molecule has 35 heavy (non-hydrogen) atoms. The molecule has 182 valence electrons. The topological polar surface area (TPSA) is 111 Å². The molecule has 0 saturated heterocycles. The minimum Gasteiger partial charge on any atom is -0.497 e. The number of nitrogens with one attached hydrogen (secondary N) is 1. The van der Waals surface area contributed by atoms with E-state index in [-0.39, 0.29) is 11.9 Å². The number of nitrogens with zero attached hydrogens (tertiary/aromatic N) is 4. The van der Waals surface area contributed by atoms with E-state index >= 15 is 0 Å². The monoisotopic (exact) mass is 474 g/mol. The van der Waals surface area contributed by atoms with E-state index in [9.17, 15) is 0 Å².